The van der Waals surface area contributed by atoms with Gasteiger partial charge in [-0.15, -0.1) is 0 Å². The Morgan fingerprint density at radius 2 is 1.94 bits per heavy atom. The molecule has 3 N–H and O–H groups in total. The van der Waals surface area contributed by atoms with Gasteiger partial charge in [0.1, 0.15) is 6.10 Å². The molecule has 1 fully saturated rings. The minimum absolute atomic E-state index is 0.420. The lowest BCUT2D eigenvalue weighted by Crippen LogP contribution is -2.11. The zero-order valence-corrected chi connectivity index (χ0v) is 12.0. The Hall–Kier alpha value is 0.0300. The highest BCUT2D eigenvalue weighted by molar-refractivity contribution is 7.45. The Morgan fingerprint density at radius 3 is 2.33 bits per heavy atom. The normalized spacial score (nSPS) is 19.9. The number of hydrogen-bond acceptors (Lipinski definition) is 3. The molecule has 0 bridgehead atoms. The summed E-state index contributed by atoms with van der Waals surface area (Å²) in [5, 5.41) is 0. The van der Waals surface area contributed by atoms with Gasteiger partial charge < -0.3 is 24.2 Å². The lowest BCUT2D eigenvalue weighted by molar-refractivity contribution is 0.0813. The number of unbranched alkanes of at least 4 members (excludes halogenated alkanes) is 1. The summed E-state index contributed by atoms with van der Waals surface area (Å²) in [6.07, 6.45) is 5.61. The zero-order valence-electron chi connectivity index (χ0n) is 11.1. The molecule has 18 heavy (non-hydrogen) atoms. The summed E-state index contributed by atoms with van der Waals surface area (Å²) < 4.78 is 19.5. The van der Waals surface area contributed by atoms with Gasteiger partial charge in [-0.3, -0.25) is 0 Å². The van der Waals surface area contributed by atoms with Crippen LogP contribution >= 0.6 is 7.82 Å². The summed E-state index contributed by atoms with van der Waals surface area (Å²) in [5.74, 6) is 0.763. The van der Waals surface area contributed by atoms with Crippen molar-refractivity contribution in [2.24, 2.45) is 5.92 Å². The molecule has 0 amide bonds. The van der Waals surface area contributed by atoms with Crippen molar-refractivity contribution < 1.29 is 28.7 Å². The highest BCUT2D eigenvalue weighted by Crippen LogP contribution is 2.25. The second kappa shape index (κ2) is 9.89. The summed E-state index contributed by atoms with van der Waals surface area (Å²) in [5.41, 5.74) is 0. The standard InChI is InChI=1S/C11H22O2.H3O4P/c1-3-5-6-10(4-2)7-12-8-11-9-13-11;1-5(2,3)4/h10-11H,3-9H2,1-2H3;(H3,1,2,3,4). The monoisotopic (exact) mass is 284 g/mol. The van der Waals surface area contributed by atoms with Crippen molar-refractivity contribution in [3.05, 3.63) is 0 Å². The van der Waals surface area contributed by atoms with E-state index in [0.717, 1.165) is 25.7 Å². The van der Waals surface area contributed by atoms with Crippen molar-refractivity contribution in [1.82, 2.24) is 0 Å². The fraction of sp³-hybridized carbons (Fsp3) is 1.00. The number of phosphoric acid groups is 1. The predicted molar refractivity (Wildman–Crippen MR) is 68.1 cm³/mol. The Labute approximate surface area is 109 Å². The Bertz CT molecular complexity index is 229. The minimum atomic E-state index is -4.64. The smallest absolute Gasteiger partial charge is 0.378 e. The van der Waals surface area contributed by atoms with Gasteiger partial charge in [0.05, 0.1) is 13.2 Å². The third kappa shape index (κ3) is 16.0. The largest absolute Gasteiger partial charge is 0.466 e. The van der Waals surface area contributed by atoms with E-state index in [2.05, 4.69) is 13.8 Å². The summed E-state index contributed by atoms with van der Waals surface area (Å²) in [6, 6.07) is 0. The molecular weight excluding hydrogens is 259 g/mol. The van der Waals surface area contributed by atoms with Gasteiger partial charge in [-0.05, 0) is 12.3 Å². The quantitative estimate of drug-likeness (QED) is 0.463. The first kappa shape index (κ1) is 18.0. The molecule has 0 aromatic heterocycles. The number of hydrogen-bond donors (Lipinski definition) is 3. The molecule has 110 valence electrons. The first-order chi connectivity index (χ1) is 8.36. The van der Waals surface area contributed by atoms with Crippen molar-refractivity contribution in [3.8, 4) is 0 Å². The third-order valence-corrected chi connectivity index (χ3v) is 2.60. The molecule has 0 saturated carbocycles. The van der Waals surface area contributed by atoms with E-state index < -0.39 is 7.82 Å². The Kier molecular flexibility index (Phi) is 9.91. The van der Waals surface area contributed by atoms with E-state index in [4.69, 9.17) is 28.7 Å². The van der Waals surface area contributed by atoms with Gasteiger partial charge >= 0.3 is 7.82 Å². The fourth-order valence-corrected chi connectivity index (χ4v) is 1.43. The van der Waals surface area contributed by atoms with Crippen molar-refractivity contribution in [2.45, 2.75) is 45.6 Å². The van der Waals surface area contributed by atoms with Crippen molar-refractivity contribution >= 4 is 7.82 Å². The molecule has 2 atom stereocenters. The van der Waals surface area contributed by atoms with E-state index in [9.17, 15) is 0 Å². The molecular formula is C11H25O6P. The van der Waals surface area contributed by atoms with Crippen LogP contribution in [0.4, 0.5) is 0 Å². The molecule has 0 aromatic carbocycles. The van der Waals surface area contributed by atoms with E-state index in [1.807, 2.05) is 0 Å². The van der Waals surface area contributed by atoms with E-state index in [-0.39, 0.29) is 0 Å². The van der Waals surface area contributed by atoms with E-state index >= 15 is 0 Å². The maximum absolute atomic E-state index is 8.88. The van der Waals surface area contributed by atoms with E-state index in [1.54, 1.807) is 0 Å². The molecule has 0 radical (unpaired) electrons. The van der Waals surface area contributed by atoms with Gasteiger partial charge in [0.2, 0.25) is 0 Å². The van der Waals surface area contributed by atoms with Crippen LogP contribution in [-0.4, -0.2) is 40.6 Å². The van der Waals surface area contributed by atoms with Gasteiger partial charge in [0.15, 0.2) is 0 Å². The minimum Gasteiger partial charge on any atom is -0.378 e. The van der Waals surface area contributed by atoms with Crippen LogP contribution in [0.15, 0.2) is 0 Å². The summed E-state index contributed by atoms with van der Waals surface area (Å²) in [7, 11) is -4.64. The van der Waals surface area contributed by atoms with Crippen LogP contribution in [0, 0.1) is 5.92 Å². The van der Waals surface area contributed by atoms with Crippen LogP contribution in [-0.2, 0) is 14.0 Å². The van der Waals surface area contributed by atoms with Crippen LogP contribution in [0.1, 0.15) is 39.5 Å². The van der Waals surface area contributed by atoms with Crippen molar-refractivity contribution in [2.75, 3.05) is 19.8 Å². The predicted octanol–water partition coefficient (Wildman–Crippen LogP) is 1.69. The summed E-state index contributed by atoms with van der Waals surface area (Å²) in [4.78, 5) is 21.6. The molecule has 1 aliphatic heterocycles. The van der Waals surface area contributed by atoms with Crippen molar-refractivity contribution in [1.29, 1.82) is 0 Å². The first-order valence-electron chi connectivity index (χ1n) is 6.34. The number of epoxide rings is 1. The van der Waals surface area contributed by atoms with Crippen LogP contribution in [0.5, 0.6) is 0 Å². The van der Waals surface area contributed by atoms with E-state index in [1.165, 1.54) is 25.7 Å². The fourth-order valence-electron chi connectivity index (χ4n) is 1.43. The highest BCUT2D eigenvalue weighted by atomic mass is 31.2. The molecule has 1 aliphatic rings. The second-order valence-corrected chi connectivity index (χ2v) is 5.45. The maximum atomic E-state index is 8.88. The van der Waals surface area contributed by atoms with Gasteiger partial charge in [-0.1, -0.05) is 33.1 Å². The summed E-state index contributed by atoms with van der Waals surface area (Å²) >= 11 is 0. The molecule has 7 heteroatoms. The second-order valence-electron chi connectivity index (χ2n) is 4.42. The van der Waals surface area contributed by atoms with Crippen LogP contribution < -0.4 is 0 Å². The molecule has 0 spiro atoms. The number of ether oxygens (including phenoxy) is 2. The van der Waals surface area contributed by atoms with Crippen LogP contribution in [0.2, 0.25) is 0 Å². The topological polar surface area (TPSA) is 99.5 Å². The molecule has 1 heterocycles. The van der Waals surface area contributed by atoms with Crippen LogP contribution in [0.3, 0.4) is 0 Å². The van der Waals surface area contributed by atoms with E-state index in [0.29, 0.717) is 6.10 Å². The third-order valence-electron chi connectivity index (χ3n) is 2.60. The highest BCUT2D eigenvalue weighted by Gasteiger charge is 2.22. The molecule has 1 rings (SSSR count). The van der Waals surface area contributed by atoms with Crippen LogP contribution in [0.25, 0.3) is 0 Å². The lowest BCUT2D eigenvalue weighted by Gasteiger charge is -2.13. The molecule has 0 aromatic rings. The van der Waals surface area contributed by atoms with Gasteiger partial charge in [-0.25, -0.2) is 4.57 Å². The molecule has 2 unspecified atom stereocenters. The maximum Gasteiger partial charge on any atom is 0.466 e. The zero-order chi connectivity index (χ0) is 14.0. The first-order valence-corrected chi connectivity index (χ1v) is 7.90. The lowest BCUT2D eigenvalue weighted by atomic mass is 10.0. The number of rotatable bonds is 8. The van der Waals surface area contributed by atoms with Gasteiger partial charge in [-0.2, -0.15) is 0 Å². The van der Waals surface area contributed by atoms with Crippen molar-refractivity contribution in [3.63, 3.8) is 0 Å². The molecule has 6 nitrogen and oxygen atoms in total. The Balaban J connectivity index is 0.000000494. The summed E-state index contributed by atoms with van der Waals surface area (Å²) in [6.45, 7) is 7.13. The SMILES string of the molecule is CCCCC(CC)COCC1CO1.O=P(O)(O)O. The Morgan fingerprint density at radius 1 is 1.39 bits per heavy atom. The molecule has 1 saturated heterocycles. The average Bonchev–Trinajstić information content (AvgIpc) is 3.04. The van der Waals surface area contributed by atoms with Gasteiger partial charge in [0.25, 0.3) is 0 Å². The average molecular weight is 284 g/mol. The molecule has 0 aliphatic carbocycles. The van der Waals surface area contributed by atoms with Gasteiger partial charge in [0, 0.05) is 6.61 Å².